The molecule has 0 aromatic rings. The average Bonchev–Trinajstić information content (AvgIpc) is 2.67. The highest BCUT2D eigenvalue weighted by Crippen LogP contribution is 2.46. The lowest BCUT2D eigenvalue weighted by molar-refractivity contribution is -0.158. The summed E-state index contributed by atoms with van der Waals surface area (Å²) in [5.41, 5.74) is -0.473. The van der Waals surface area contributed by atoms with Gasteiger partial charge in [0.2, 0.25) is 0 Å². The summed E-state index contributed by atoms with van der Waals surface area (Å²) in [5, 5.41) is 20.4. The molecule has 0 aromatic carbocycles. The molecule has 1 aliphatic heterocycles. The zero-order chi connectivity index (χ0) is 17.7. The van der Waals surface area contributed by atoms with Crippen molar-refractivity contribution >= 4 is 5.97 Å². The second-order valence-electron chi connectivity index (χ2n) is 8.89. The lowest BCUT2D eigenvalue weighted by atomic mass is 9.64. The van der Waals surface area contributed by atoms with Crippen LogP contribution in [0.5, 0.6) is 0 Å². The third-order valence-electron chi connectivity index (χ3n) is 7.50. The van der Waals surface area contributed by atoms with E-state index >= 15 is 0 Å². The number of piperidine rings is 1. The lowest BCUT2D eigenvalue weighted by Crippen LogP contribution is -2.49. The normalized spacial score (nSPS) is 27.9. The number of hydrogen-bond acceptors (Lipinski definition) is 3. The minimum Gasteiger partial charge on any atom is -0.481 e. The van der Waals surface area contributed by atoms with Gasteiger partial charge >= 0.3 is 5.97 Å². The maximum atomic E-state index is 12.1. The van der Waals surface area contributed by atoms with Gasteiger partial charge in [0.05, 0.1) is 11.5 Å². The molecule has 0 spiro atoms. The van der Waals surface area contributed by atoms with Gasteiger partial charge in [0.1, 0.15) is 0 Å². The van der Waals surface area contributed by atoms with Crippen molar-refractivity contribution in [3.63, 3.8) is 0 Å². The zero-order valence-electron chi connectivity index (χ0n) is 15.8. The number of carbonyl (C=O) groups is 1. The summed E-state index contributed by atoms with van der Waals surface area (Å²) in [6.07, 6.45) is 14.4. The summed E-state index contributed by atoms with van der Waals surface area (Å²) in [7, 11) is 0. The molecule has 0 radical (unpaired) electrons. The number of aliphatic carboxylic acids is 1. The van der Waals surface area contributed by atoms with E-state index in [1.807, 2.05) is 0 Å². The molecule has 1 atom stereocenters. The van der Waals surface area contributed by atoms with Gasteiger partial charge in [-0.3, -0.25) is 4.79 Å². The fraction of sp³-hybridized carbons (Fsp3) is 0.952. The van der Waals surface area contributed by atoms with Crippen molar-refractivity contribution in [2.75, 3.05) is 19.6 Å². The van der Waals surface area contributed by atoms with E-state index in [0.717, 1.165) is 51.7 Å². The van der Waals surface area contributed by atoms with Gasteiger partial charge in [0.25, 0.3) is 0 Å². The van der Waals surface area contributed by atoms with Gasteiger partial charge in [-0.2, -0.15) is 0 Å². The quantitative estimate of drug-likeness (QED) is 0.757. The van der Waals surface area contributed by atoms with Crippen molar-refractivity contribution < 1.29 is 15.0 Å². The third-order valence-corrected chi connectivity index (χ3v) is 7.50. The van der Waals surface area contributed by atoms with Gasteiger partial charge in [-0.15, -0.1) is 0 Å². The first-order valence-electron chi connectivity index (χ1n) is 10.8. The second kappa shape index (κ2) is 8.85. The van der Waals surface area contributed by atoms with Gasteiger partial charge in [0, 0.05) is 6.54 Å². The van der Waals surface area contributed by atoms with E-state index in [4.69, 9.17) is 0 Å². The van der Waals surface area contributed by atoms with Crippen molar-refractivity contribution in [1.82, 2.24) is 4.90 Å². The molecule has 3 aliphatic rings. The predicted molar refractivity (Wildman–Crippen MR) is 99.5 cm³/mol. The second-order valence-corrected chi connectivity index (χ2v) is 8.89. The SMILES string of the molecule is O=C(O)C1(C2CCCCC2)CCN(CCC(O)C2CCCCC2)CC1. The van der Waals surface area contributed by atoms with Crippen molar-refractivity contribution in [3.05, 3.63) is 0 Å². The lowest BCUT2D eigenvalue weighted by Gasteiger charge is -2.45. The Morgan fingerprint density at radius 3 is 2.08 bits per heavy atom. The smallest absolute Gasteiger partial charge is 0.310 e. The van der Waals surface area contributed by atoms with Crippen molar-refractivity contribution in [3.8, 4) is 0 Å². The van der Waals surface area contributed by atoms with E-state index in [0.29, 0.717) is 11.8 Å². The summed E-state index contributed by atoms with van der Waals surface area (Å²) in [4.78, 5) is 14.5. The molecular weight excluding hydrogens is 314 g/mol. The molecule has 4 heteroatoms. The number of likely N-dealkylation sites (tertiary alicyclic amines) is 1. The van der Waals surface area contributed by atoms with E-state index in [2.05, 4.69) is 4.90 Å². The molecule has 2 aliphatic carbocycles. The maximum Gasteiger partial charge on any atom is 0.310 e. The summed E-state index contributed by atoms with van der Waals surface area (Å²) >= 11 is 0. The number of carboxylic acids is 1. The van der Waals surface area contributed by atoms with Gasteiger partial charge in [-0.05, 0) is 69.9 Å². The molecule has 1 unspecified atom stereocenters. The Kier molecular flexibility index (Phi) is 6.79. The first-order chi connectivity index (χ1) is 12.1. The van der Waals surface area contributed by atoms with Crippen molar-refractivity contribution in [1.29, 1.82) is 0 Å². The molecule has 25 heavy (non-hydrogen) atoms. The number of carboxylic acid groups (broad SMARTS) is 1. The van der Waals surface area contributed by atoms with Crippen LogP contribution in [0.2, 0.25) is 0 Å². The number of aliphatic hydroxyl groups excluding tert-OH is 1. The Bertz CT molecular complexity index is 419. The number of nitrogens with zero attached hydrogens (tertiary/aromatic N) is 1. The molecule has 2 saturated carbocycles. The Balaban J connectivity index is 1.47. The molecular formula is C21H37NO3. The molecule has 0 bridgehead atoms. The highest BCUT2D eigenvalue weighted by atomic mass is 16.4. The maximum absolute atomic E-state index is 12.1. The highest BCUT2D eigenvalue weighted by Gasteiger charge is 2.47. The number of rotatable bonds is 6. The third kappa shape index (κ3) is 4.57. The first-order valence-corrected chi connectivity index (χ1v) is 10.8. The molecule has 0 amide bonds. The van der Waals surface area contributed by atoms with Crippen LogP contribution in [0.3, 0.4) is 0 Å². The minimum absolute atomic E-state index is 0.162. The van der Waals surface area contributed by atoms with Crippen molar-refractivity contribution in [2.45, 2.75) is 89.6 Å². The number of aliphatic hydroxyl groups is 1. The Hall–Kier alpha value is -0.610. The summed E-state index contributed by atoms with van der Waals surface area (Å²) in [6.45, 7) is 2.71. The molecule has 3 fully saturated rings. The first kappa shape index (κ1) is 19.2. The van der Waals surface area contributed by atoms with E-state index in [1.165, 1.54) is 51.4 Å². The largest absolute Gasteiger partial charge is 0.481 e. The average molecular weight is 352 g/mol. The molecule has 4 nitrogen and oxygen atoms in total. The van der Waals surface area contributed by atoms with Crippen LogP contribution in [0, 0.1) is 17.3 Å². The standard InChI is InChI=1S/C21H37NO3/c23-19(17-7-3-1-4-8-17)11-14-22-15-12-21(13-16-22,20(24)25)18-9-5-2-6-10-18/h17-19,23H,1-16H2,(H,24,25). The van der Waals surface area contributed by atoms with Crippen molar-refractivity contribution in [2.24, 2.45) is 17.3 Å². The van der Waals surface area contributed by atoms with Crippen LogP contribution < -0.4 is 0 Å². The van der Waals surface area contributed by atoms with E-state index in [1.54, 1.807) is 0 Å². The molecule has 1 saturated heterocycles. The van der Waals surface area contributed by atoms with Gasteiger partial charge in [-0.25, -0.2) is 0 Å². The Morgan fingerprint density at radius 2 is 1.52 bits per heavy atom. The fourth-order valence-corrected chi connectivity index (χ4v) is 5.70. The van der Waals surface area contributed by atoms with Crippen LogP contribution in [0.15, 0.2) is 0 Å². The highest BCUT2D eigenvalue weighted by molar-refractivity contribution is 5.75. The molecule has 1 heterocycles. The fourth-order valence-electron chi connectivity index (χ4n) is 5.70. The molecule has 0 aromatic heterocycles. The Labute approximate surface area is 153 Å². The summed E-state index contributed by atoms with van der Waals surface area (Å²) in [6, 6.07) is 0. The topological polar surface area (TPSA) is 60.8 Å². The van der Waals surface area contributed by atoms with Crippen LogP contribution in [-0.2, 0) is 4.79 Å². The summed E-state index contributed by atoms with van der Waals surface area (Å²) in [5.74, 6) is 0.328. The van der Waals surface area contributed by atoms with Crippen LogP contribution >= 0.6 is 0 Å². The molecule has 3 rings (SSSR count). The van der Waals surface area contributed by atoms with Gasteiger partial charge in [-0.1, -0.05) is 38.5 Å². The van der Waals surface area contributed by atoms with Crippen LogP contribution in [0.25, 0.3) is 0 Å². The van der Waals surface area contributed by atoms with E-state index in [9.17, 15) is 15.0 Å². The molecule has 144 valence electrons. The monoisotopic (exact) mass is 351 g/mol. The zero-order valence-corrected chi connectivity index (χ0v) is 15.8. The predicted octanol–water partition coefficient (Wildman–Crippen LogP) is 4.06. The Morgan fingerprint density at radius 1 is 0.960 bits per heavy atom. The van der Waals surface area contributed by atoms with Crippen LogP contribution in [0.1, 0.15) is 83.5 Å². The van der Waals surface area contributed by atoms with Crippen LogP contribution in [0.4, 0.5) is 0 Å². The van der Waals surface area contributed by atoms with Gasteiger partial charge in [0.15, 0.2) is 0 Å². The minimum atomic E-state index is -0.554. The van der Waals surface area contributed by atoms with E-state index in [-0.39, 0.29) is 6.10 Å². The van der Waals surface area contributed by atoms with E-state index < -0.39 is 11.4 Å². The number of hydrogen-bond donors (Lipinski definition) is 2. The summed E-state index contributed by atoms with van der Waals surface area (Å²) < 4.78 is 0. The van der Waals surface area contributed by atoms with Gasteiger partial charge < -0.3 is 15.1 Å². The molecule has 2 N–H and O–H groups in total. The van der Waals surface area contributed by atoms with Crippen LogP contribution in [-0.4, -0.2) is 46.8 Å².